The van der Waals surface area contributed by atoms with Crippen molar-refractivity contribution in [1.29, 1.82) is 0 Å². The first-order valence-electron chi connectivity index (χ1n) is 7.49. The van der Waals surface area contributed by atoms with E-state index >= 15 is 0 Å². The molecule has 1 aliphatic heterocycles. The van der Waals surface area contributed by atoms with E-state index in [1.54, 1.807) is 5.57 Å². The van der Waals surface area contributed by atoms with Gasteiger partial charge >= 0.3 is 0 Å². The first kappa shape index (κ1) is 12.9. The van der Waals surface area contributed by atoms with E-state index in [1.807, 2.05) is 0 Å². The Morgan fingerprint density at radius 2 is 2.05 bits per heavy atom. The van der Waals surface area contributed by atoms with Crippen molar-refractivity contribution in [1.82, 2.24) is 10.2 Å². The predicted octanol–water partition coefficient (Wildman–Crippen LogP) is 2.67. The van der Waals surface area contributed by atoms with Crippen LogP contribution in [-0.2, 0) is 0 Å². The highest BCUT2D eigenvalue weighted by Crippen LogP contribution is 2.30. The summed E-state index contributed by atoms with van der Waals surface area (Å²) in [5, 5.41) is 3.40. The van der Waals surface area contributed by atoms with Crippen molar-refractivity contribution in [2.75, 3.05) is 26.7 Å². The van der Waals surface area contributed by atoms with Crippen molar-refractivity contribution < 1.29 is 0 Å². The molecular formula is C17H24N2. The Balaban J connectivity index is 1.57. The van der Waals surface area contributed by atoms with Crippen LogP contribution in [0.4, 0.5) is 0 Å². The summed E-state index contributed by atoms with van der Waals surface area (Å²) in [7, 11) is 2.08. The van der Waals surface area contributed by atoms with E-state index in [1.165, 1.54) is 37.9 Å². The Morgan fingerprint density at radius 3 is 2.84 bits per heavy atom. The zero-order valence-electron chi connectivity index (χ0n) is 11.8. The van der Waals surface area contributed by atoms with Gasteiger partial charge in [0.25, 0.3) is 0 Å². The van der Waals surface area contributed by atoms with Crippen molar-refractivity contribution in [3.8, 4) is 0 Å². The van der Waals surface area contributed by atoms with Crippen LogP contribution >= 0.6 is 0 Å². The molecular weight excluding hydrogens is 232 g/mol. The molecule has 3 rings (SSSR count). The maximum absolute atomic E-state index is 3.40. The summed E-state index contributed by atoms with van der Waals surface area (Å²) in [5.74, 6) is 0.625. The number of allylic oxidation sites excluding steroid dienone is 7. The number of hydrogen-bond donors (Lipinski definition) is 1. The quantitative estimate of drug-likeness (QED) is 0.835. The number of nitrogens with zero attached hydrogens (tertiary/aromatic N) is 1. The molecule has 0 radical (unpaired) electrons. The molecule has 0 bridgehead atoms. The largest absolute Gasteiger partial charge is 0.317 e. The number of rotatable bonds is 3. The monoisotopic (exact) mass is 256 g/mol. The Labute approximate surface area is 116 Å². The smallest absolute Gasteiger partial charge is 0.0196 e. The molecule has 102 valence electrons. The van der Waals surface area contributed by atoms with Crippen LogP contribution in [0.15, 0.2) is 47.6 Å². The van der Waals surface area contributed by atoms with E-state index in [0.717, 1.165) is 12.6 Å². The van der Waals surface area contributed by atoms with E-state index in [9.17, 15) is 0 Å². The molecule has 0 amide bonds. The van der Waals surface area contributed by atoms with Crippen LogP contribution in [0.1, 0.15) is 19.3 Å². The van der Waals surface area contributed by atoms with Gasteiger partial charge in [0, 0.05) is 18.5 Å². The normalized spacial score (nSPS) is 27.9. The fourth-order valence-electron chi connectivity index (χ4n) is 3.31. The number of fused-ring (bicyclic) bond motifs is 1. The standard InChI is InChI=1S/C17H24N2/c1-18-17-8-10-19(11-9-17)13-14-6-7-15-4-2-3-5-16(15)12-14/h2-7,16-18H,8-13H2,1H3. The van der Waals surface area contributed by atoms with E-state index in [2.05, 4.69) is 53.7 Å². The average molecular weight is 256 g/mol. The highest BCUT2D eigenvalue weighted by Gasteiger charge is 2.21. The van der Waals surface area contributed by atoms with Crippen LogP contribution in [-0.4, -0.2) is 37.6 Å². The van der Waals surface area contributed by atoms with Crippen molar-refractivity contribution in [2.24, 2.45) is 5.92 Å². The van der Waals surface area contributed by atoms with Gasteiger partial charge in [0.15, 0.2) is 0 Å². The third kappa shape index (κ3) is 3.07. The van der Waals surface area contributed by atoms with Gasteiger partial charge in [-0.2, -0.15) is 0 Å². The summed E-state index contributed by atoms with van der Waals surface area (Å²) in [4.78, 5) is 2.61. The molecule has 0 aromatic heterocycles. The second-order valence-electron chi connectivity index (χ2n) is 5.89. The summed E-state index contributed by atoms with van der Waals surface area (Å²) in [5.41, 5.74) is 3.07. The molecule has 1 atom stereocenters. The third-order valence-electron chi connectivity index (χ3n) is 4.59. The molecule has 0 spiro atoms. The molecule has 1 N–H and O–H groups in total. The second-order valence-corrected chi connectivity index (χ2v) is 5.89. The molecule has 1 saturated heterocycles. The molecule has 19 heavy (non-hydrogen) atoms. The van der Waals surface area contributed by atoms with Crippen molar-refractivity contribution >= 4 is 0 Å². The first-order chi connectivity index (χ1) is 9.35. The maximum atomic E-state index is 3.40. The van der Waals surface area contributed by atoms with Gasteiger partial charge in [0.2, 0.25) is 0 Å². The van der Waals surface area contributed by atoms with Gasteiger partial charge in [-0.25, -0.2) is 0 Å². The molecule has 0 aromatic carbocycles. The Kier molecular flexibility index (Phi) is 4.00. The highest BCUT2D eigenvalue weighted by molar-refractivity contribution is 5.40. The predicted molar refractivity (Wildman–Crippen MR) is 81.1 cm³/mol. The minimum absolute atomic E-state index is 0.625. The highest BCUT2D eigenvalue weighted by atomic mass is 15.1. The molecule has 0 saturated carbocycles. The fourth-order valence-corrected chi connectivity index (χ4v) is 3.31. The summed E-state index contributed by atoms with van der Waals surface area (Å²) in [6.45, 7) is 3.63. The Bertz CT molecular complexity index is 434. The van der Waals surface area contributed by atoms with Gasteiger partial charge in [-0.1, -0.05) is 42.0 Å². The lowest BCUT2D eigenvalue weighted by Crippen LogP contribution is -2.42. The second kappa shape index (κ2) is 5.89. The molecule has 2 nitrogen and oxygen atoms in total. The zero-order valence-corrected chi connectivity index (χ0v) is 11.8. The van der Waals surface area contributed by atoms with E-state index < -0.39 is 0 Å². The summed E-state index contributed by atoms with van der Waals surface area (Å²) in [6, 6.07) is 0.731. The Hall–Kier alpha value is -1.12. The lowest BCUT2D eigenvalue weighted by molar-refractivity contribution is 0.214. The van der Waals surface area contributed by atoms with Gasteiger partial charge in [-0.05, 0) is 45.0 Å². The van der Waals surface area contributed by atoms with Crippen LogP contribution in [0, 0.1) is 5.92 Å². The lowest BCUT2D eigenvalue weighted by Gasteiger charge is -2.33. The van der Waals surface area contributed by atoms with Crippen LogP contribution in [0.25, 0.3) is 0 Å². The average Bonchev–Trinajstić information content (AvgIpc) is 2.48. The SMILES string of the molecule is CNC1CCN(CC2=CC=C3C=CC=CC3C2)CC1. The molecule has 1 heterocycles. The third-order valence-corrected chi connectivity index (χ3v) is 4.59. The molecule has 2 heteroatoms. The van der Waals surface area contributed by atoms with Crippen molar-refractivity contribution in [2.45, 2.75) is 25.3 Å². The number of likely N-dealkylation sites (tertiary alicyclic amines) is 1. The van der Waals surface area contributed by atoms with Crippen molar-refractivity contribution in [3.05, 3.63) is 47.6 Å². The zero-order chi connectivity index (χ0) is 13.1. The van der Waals surface area contributed by atoms with Crippen molar-refractivity contribution in [3.63, 3.8) is 0 Å². The molecule has 0 aromatic rings. The van der Waals surface area contributed by atoms with Crippen LogP contribution in [0.5, 0.6) is 0 Å². The van der Waals surface area contributed by atoms with Crippen LogP contribution in [0.2, 0.25) is 0 Å². The summed E-state index contributed by atoms with van der Waals surface area (Å²) in [6.07, 6.45) is 17.4. The van der Waals surface area contributed by atoms with Gasteiger partial charge in [-0.15, -0.1) is 0 Å². The number of piperidine rings is 1. The minimum Gasteiger partial charge on any atom is -0.317 e. The van der Waals surface area contributed by atoms with E-state index in [0.29, 0.717) is 5.92 Å². The van der Waals surface area contributed by atoms with Gasteiger partial charge in [0.05, 0.1) is 0 Å². The number of hydrogen-bond acceptors (Lipinski definition) is 2. The summed E-state index contributed by atoms with van der Waals surface area (Å²) >= 11 is 0. The van der Waals surface area contributed by atoms with E-state index in [-0.39, 0.29) is 0 Å². The fraction of sp³-hybridized carbons (Fsp3) is 0.529. The van der Waals surface area contributed by atoms with E-state index in [4.69, 9.17) is 0 Å². The maximum Gasteiger partial charge on any atom is 0.0196 e. The lowest BCUT2D eigenvalue weighted by atomic mass is 9.84. The van der Waals surface area contributed by atoms with Crippen LogP contribution < -0.4 is 5.32 Å². The van der Waals surface area contributed by atoms with Crippen LogP contribution in [0.3, 0.4) is 0 Å². The molecule has 2 aliphatic carbocycles. The van der Waals surface area contributed by atoms with Gasteiger partial charge in [-0.3, -0.25) is 4.90 Å². The number of nitrogens with one attached hydrogen (secondary N) is 1. The Morgan fingerprint density at radius 1 is 1.21 bits per heavy atom. The first-order valence-corrected chi connectivity index (χ1v) is 7.49. The molecule has 3 aliphatic rings. The van der Waals surface area contributed by atoms with Gasteiger partial charge < -0.3 is 5.32 Å². The molecule has 1 unspecified atom stereocenters. The minimum atomic E-state index is 0.625. The van der Waals surface area contributed by atoms with Gasteiger partial charge in [0.1, 0.15) is 0 Å². The molecule has 1 fully saturated rings. The summed E-state index contributed by atoms with van der Waals surface area (Å²) < 4.78 is 0. The topological polar surface area (TPSA) is 15.3 Å².